The van der Waals surface area contributed by atoms with E-state index >= 15 is 0 Å². The van der Waals surface area contributed by atoms with Crippen molar-refractivity contribution in [3.05, 3.63) is 28.3 Å². The molecule has 0 saturated heterocycles. The van der Waals surface area contributed by atoms with E-state index in [1.807, 2.05) is 6.07 Å². The number of ether oxygens (including phenoxy) is 1. The van der Waals surface area contributed by atoms with E-state index in [2.05, 4.69) is 26.8 Å². The van der Waals surface area contributed by atoms with Crippen LogP contribution in [0.2, 0.25) is 5.02 Å². The number of halogens is 2. The molecule has 0 radical (unpaired) electrons. The predicted molar refractivity (Wildman–Crippen MR) is 85.9 cm³/mol. The second-order valence-electron chi connectivity index (χ2n) is 4.88. The Labute approximate surface area is 128 Å². The van der Waals surface area contributed by atoms with Gasteiger partial charge in [0, 0.05) is 6.04 Å². The van der Waals surface area contributed by atoms with Gasteiger partial charge in [-0.05, 0) is 42.4 Å². The molecule has 0 saturated carbocycles. The molecule has 1 aromatic rings. The van der Waals surface area contributed by atoms with E-state index in [4.69, 9.17) is 22.1 Å². The van der Waals surface area contributed by atoms with Crippen molar-refractivity contribution in [2.75, 3.05) is 7.11 Å². The summed E-state index contributed by atoms with van der Waals surface area (Å²) in [5.41, 5.74) is 8.42. The van der Waals surface area contributed by atoms with Gasteiger partial charge in [-0.25, -0.2) is 0 Å². The number of methoxy groups -OCH3 is 1. The molecule has 19 heavy (non-hydrogen) atoms. The van der Waals surface area contributed by atoms with Gasteiger partial charge in [0.25, 0.3) is 0 Å². The standard InChI is InChI=1S/C15H24ClNO.ClH/c1-5-10(3)11-7-12(8-13(17)6-2)15(18-4)14(16)9-11;/h7,9-10,13H,5-6,8,17H2,1-4H3;1H. The Balaban J connectivity index is 0.00000324. The lowest BCUT2D eigenvalue weighted by molar-refractivity contribution is 0.407. The molecule has 0 amide bonds. The highest BCUT2D eigenvalue weighted by atomic mass is 35.5. The minimum atomic E-state index is 0. The minimum absolute atomic E-state index is 0. The first kappa shape index (κ1) is 18.6. The van der Waals surface area contributed by atoms with Gasteiger partial charge in [-0.3, -0.25) is 0 Å². The third-order valence-electron chi connectivity index (χ3n) is 3.53. The molecular weight excluding hydrogens is 281 g/mol. The molecule has 110 valence electrons. The Morgan fingerprint density at radius 3 is 2.37 bits per heavy atom. The van der Waals surface area contributed by atoms with E-state index in [1.165, 1.54) is 5.56 Å². The molecule has 1 rings (SSSR count). The van der Waals surface area contributed by atoms with Crippen molar-refractivity contribution in [2.45, 2.75) is 52.0 Å². The molecule has 0 heterocycles. The van der Waals surface area contributed by atoms with Gasteiger partial charge >= 0.3 is 0 Å². The zero-order valence-electron chi connectivity index (χ0n) is 12.2. The van der Waals surface area contributed by atoms with E-state index in [-0.39, 0.29) is 18.4 Å². The largest absolute Gasteiger partial charge is 0.495 e. The van der Waals surface area contributed by atoms with Gasteiger partial charge in [-0.1, -0.05) is 38.4 Å². The minimum Gasteiger partial charge on any atom is -0.495 e. The normalized spacial score (nSPS) is 13.6. The maximum atomic E-state index is 6.30. The second kappa shape index (κ2) is 8.68. The lowest BCUT2D eigenvalue weighted by Gasteiger charge is -2.18. The third-order valence-corrected chi connectivity index (χ3v) is 3.82. The zero-order valence-corrected chi connectivity index (χ0v) is 13.8. The number of benzene rings is 1. The summed E-state index contributed by atoms with van der Waals surface area (Å²) in [4.78, 5) is 0. The maximum absolute atomic E-state index is 6.30. The summed E-state index contributed by atoms with van der Waals surface area (Å²) in [5, 5.41) is 0.689. The van der Waals surface area contributed by atoms with Crippen molar-refractivity contribution in [3.8, 4) is 5.75 Å². The van der Waals surface area contributed by atoms with Crippen molar-refractivity contribution < 1.29 is 4.74 Å². The van der Waals surface area contributed by atoms with E-state index < -0.39 is 0 Å². The monoisotopic (exact) mass is 305 g/mol. The highest BCUT2D eigenvalue weighted by Crippen LogP contribution is 2.34. The molecule has 2 N–H and O–H groups in total. The van der Waals surface area contributed by atoms with Crippen molar-refractivity contribution in [1.82, 2.24) is 0 Å². The molecule has 0 aromatic heterocycles. The Bertz CT molecular complexity index is 396. The topological polar surface area (TPSA) is 35.2 Å². The number of hydrogen-bond donors (Lipinski definition) is 1. The van der Waals surface area contributed by atoms with E-state index in [1.54, 1.807) is 7.11 Å². The molecule has 0 fully saturated rings. The fourth-order valence-electron chi connectivity index (χ4n) is 2.00. The van der Waals surface area contributed by atoms with Gasteiger partial charge in [-0.15, -0.1) is 12.4 Å². The van der Waals surface area contributed by atoms with Gasteiger partial charge in [0.05, 0.1) is 12.1 Å². The van der Waals surface area contributed by atoms with Crippen molar-refractivity contribution in [1.29, 1.82) is 0 Å². The van der Waals surface area contributed by atoms with Gasteiger partial charge in [-0.2, -0.15) is 0 Å². The van der Waals surface area contributed by atoms with Crippen molar-refractivity contribution in [2.24, 2.45) is 5.73 Å². The second-order valence-corrected chi connectivity index (χ2v) is 5.28. The predicted octanol–water partition coefficient (Wildman–Crippen LogP) is 4.56. The van der Waals surface area contributed by atoms with Gasteiger partial charge in [0.2, 0.25) is 0 Å². The first-order valence-electron chi connectivity index (χ1n) is 6.65. The van der Waals surface area contributed by atoms with Crippen molar-refractivity contribution >= 4 is 24.0 Å². The summed E-state index contributed by atoms with van der Waals surface area (Å²) in [6.45, 7) is 6.49. The molecule has 0 aliphatic heterocycles. The van der Waals surface area contributed by atoms with Crippen LogP contribution >= 0.6 is 24.0 Å². The third kappa shape index (κ3) is 4.87. The Kier molecular flexibility index (Phi) is 8.47. The van der Waals surface area contributed by atoms with E-state index in [0.717, 1.165) is 30.6 Å². The van der Waals surface area contributed by atoms with Gasteiger partial charge in [0.15, 0.2) is 0 Å². The molecule has 1 aromatic carbocycles. The van der Waals surface area contributed by atoms with E-state index in [0.29, 0.717) is 10.9 Å². The average molecular weight is 306 g/mol. The van der Waals surface area contributed by atoms with Crippen LogP contribution < -0.4 is 10.5 Å². The first-order chi connectivity index (χ1) is 8.53. The molecule has 4 heteroatoms. The molecular formula is C15H25Cl2NO. The quantitative estimate of drug-likeness (QED) is 0.836. The SMILES string of the molecule is CCC(N)Cc1cc(C(C)CC)cc(Cl)c1OC.Cl. The molecule has 2 nitrogen and oxygen atoms in total. The Morgan fingerprint density at radius 1 is 1.26 bits per heavy atom. The Hall–Kier alpha value is -0.440. The summed E-state index contributed by atoms with van der Waals surface area (Å²) in [7, 11) is 1.66. The summed E-state index contributed by atoms with van der Waals surface area (Å²) < 4.78 is 5.40. The van der Waals surface area contributed by atoms with E-state index in [9.17, 15) is 0 Å². The molecule has 2 atom stereocenters. The smallest absolute Gasteiger partial charge is 0.140 e. The van der Waals surface area contributed by atoms with Crippen LogP contribution in [0.3, 0.4) is 0 Å². The van der Waals surface area contributed by atoms with Gasteiger partial charge < -0.3 is 10.5 Å². The molecule has 0 aliphatic carbocycles. The van der Waals surface area contributed by atoms with Crippen LogP contribution in [0.15, 0.2) is 12.1 Å². The summed E-state index contributed by atoms with van der Waals surface area (Å²) in [6, 6.07) is 4.35. The molecule has 0 bridgehead atoms. The van der Waals surface area contributed by atoms with Crippen LogP contribution in [-0.2, 0) is 6.42 Å². The van der Waals surface area contributed by atoms with Crippen molar-refractivity contribution in [3.63, 3.8) is 0 Å². The maximum Gasteiger partial charge on any atom is 0.140 e. The van der Waals surface area contributed by atoms with Gasteiger partial charge in [0.1, 0.15) is 5.75 Å². The number of nitrogens with two attached hydrogens (primary N) is 1. The molecule has 2 unspecified atom stereocenters. The number of hydrogen-bond acceptors (Lipinski definition) is 2. The highest BCUT2D eigenvalue weighted by Gasteiger charge is 2.15. The lowest BCUT2D eigenvalue weighted by atomic mass is 9.94. The van der Waals surface area contributed by atoms with Crippen LogP contribution in [0, 0.1) is 0 Å². The molecule has 0 aliphatic rings. The Morgan fingerprint density at radius 2 is 1.89 bits per heavy atom. The van der Waals surface area contributed by atoms with Crippen LogP contribution in [0.4, 0.5) is 0 Å². The summed E-state index contributed by atoms with van der Waals surface area (Å²) in [6.07, 6.45) is 2.86. The van der Waals surface area contributed by atoms with Crippen LogP contribution in [-0.4, -0.2) is 13.2 Å². The van der Waals surface area contributed by atoms with Crippen LogP contribution in [0.5, 0.6) is 5.75 Å². The fourth-order valence-corrected chi connectivity index (χ4v) is 2.33. The zero-order chi connectivity index (χ0) is 13.7. The average Bonchev–Trinajstić information content (AvgIpc) is 2.37. The lowest BCUT2D eigenvalue weighted by Crippen LogP contribution is -2.21. The van der Waals surface area contributed by atoms with Crippen LogP contribution in [0.25, 0.3) is 0 Å². The fraction of sp³-hybridized carbons (Fsp3) is 0.600. The van der Waals surface area contributed by atoms with Crippen LogP contribution in [0.1, 0.15) is 50.7 Å². The highest BCUT2D eigenvalue weighted by molar-refractivity contribution is 6.32. The molecule has 0 spiro atoms. The number of rotatable bonds is 6. The summed E-state index contributed by atoms with van der Waals surface area (Å²) in [5.74, 6) is 1.28. The first-order valence-corrected chi connectivity index (χ1v) is 7.03. The summed E-state index contributed by atoms with van der Waals surface area (Å²) >= 11 is 6.30.